The van der Waals surface area contributed by atoms with Crippen LogP contribution in [0.25, 0.3) is 11.2 Å². The lowest BCUT2D eigenvalue weighted by atomic mass is 10.00. The van der Waals surface area contributed by atoms with Crippen molar-refractivity contribution in [2.45, 2.75) is 84.0 Å². The monoisotopic (exact) mass is 581 g/mol. The third-order valence-electron chi connectivity index (χ3n) is 6.73. The van der Waals surface area contributed by atoms with Gasteiger partial charge in [0.15, 0.2) is 11.2 Å². The van der Waals surface area contributed by atoms with Gasteiger partial charge in [0.25, 0.3) is 11.5 Å². The average Bonchev–Trinajstić information content (AvgIpc) is 2.90. The number of fused-ring (bicyclic) bond motifs is 1. The van der Waals surface area contributed by atoms with E-state index in [1.54, 1.807) is 24.3 Å². The first kappa shape index (κ1) is 32.4. The fourth-order valence-corrected chi connectivity index (χ4v) is 4.22. The molecule has 0 radical (unpaired) electrons. The van der Waals surface area contributed by atoms with Crippen molar-refractivity contribution in [1.29, 1.82) is 0 Å². The Morgan fingerprint density at radius 3 is 2.50 bits per heavy atom. The maximum absolute atomic E-state index is 12.7. The lowest BCUT2D eigenvalue weighted by Crippen LogP contribution is -2.45. The molecule has 0 saturated heterocycles. The Morgan fingerprint density at radius 1 is 1.10 bits per heavy atom. The minimum absolute atomic E-state index is 0.0168. The molecule has 0 aliphatic carbocycles. The molecule has 13 nitrogen and oxygen atoms in total. The van der Waals surface area contributed by atoms with E-state index in [0.717, 1.165) is 12.1 Å². The molecule has 2 amide bonds. The van der Waals surface area contributed by atoms with Gasteiger partial charge < -0.3 is 32.2 Å². The van der Waals surface area contributed by atoms with E-state index in [-0.39, 0.29) is 40.6 Å². The van der Waals surface area contributed by atoms with Crippen molar-refractivity contribution in [2.24, 2.45) is 5.73 Å². The molecule has 3 aromatic rings. The Morgan fingerprint density at radius 2 is 1.81 bits per heavy atom. The van der Waals surface area contributed by atoms with Gasteiger partial charge in [-0.1, -0.05) is 0 Å². The van der Waals surface area contributed by atoms with Gasteiger partial charge in [0.1, 0.15) is 0 Å². The number of aromatic nitrogens is 4. The third-order valence-corrected chi connectivity index (χ3v) is 6.73. The number of nitrogen functional groups attached to an aromatic ring is 1. The van der Waals surface area contributed by atoms with E-state index < -0.39 is 11.1 Å². The molecule has 0 spiro atoms. The first-order chi connectivity index (χ1) is 19.8. The number of anilines is 2. The normalized spacial score (nSPS) is 12.6. The van der Waals surface area contributed by atoms with Crippen LogP contribution in [-0.4, -0.2) is 62.1 Å². The number of ether oxygens (including phenoxy) is 1. The molecule has 0 fully saturated rings. The number of hydrogen-bond acceptors (Lipinski definition) is 10. The first-order valence-electron chi connectivity index (χ1n) is 14.1. The summed E-state index contributed by atoms with van der Waals surface area (Å²) in [6.45, 7) is 11.2. The number of H-pyrrole nitrogens is 1. The second-order valence-corrected chi connectivity index (χ2v) is 11.7. The number of benzene rings is 1. The number of carbonyl (C=O) groups is 2. The van der Waals surface area contributed by atoms with Crippen molar-refractivity contribution in [3.05, 3.63) is 52.1 Å². The van der Waals surface area contributed by atoms with Crippen molar-refractivity contribution in [1.82, 2.24) is 30.6 Å². The summed E-state index contributed by atoms with van der Waals surface area (Å²) in [5.74, 6) is -0.311. The maximum atomic E-state index is 12.7. The second kappa shape index (κ2) is 14.2. The number of aromatic amines is 1. The molecule has 3 rings (SSSR count). The zero-order chi connectivity index (χ0) is 30.9. The van der Waals surface area contributed by atoms with Crippen LogP contribution < -0.4 is 33.0 Å². The van der Waals surface area contributed by atoms with Gasteiger partial charge in [0.05, 0.1) is 24.0 Å². The number of amides is 2. The molecular formula is C29H43N9O4. The van der Waals surface area contributed by atoms with Crippen LogP contribution in [0.5, 0.6) is 0 Å². The lowest BCUT2D eigenvalue weighted by molar-refractivity contribution is -0.123. The van der Waals surface area contributed by atoms with Crippen molar-refractivity contribution >= 4 is 34.6 Å². The average molecular weight is 582 g/mol. The van der Waals surface area contributed by atoms with E-state index >= 15 is 0 Å². The van der Waals surface area contributed by atoms with E-state index in [0.29, 0.717) is 50.2 Å². The predicted molar refractivity (Wildman–Crippen MR) is 163 cm³/mol. The van der Waals surface area contributed by atoms with Crippen molar-refractivity contribution in [3.8, 4) is 0 Å². The van der Waals surface area contributed by atoms with E-state index in [9.17, 15) is 14.4 Å². The zero-order valence-corrected chi connectivity index (χ0v) is 25.0. The number of nitrogens with two attached hydrogens (primary N) is 2. The fraction of sp³-hybridized carbons (Fsp3) is 0.517. The third kappa shape index (κ3) is 10.1. The summed E-state index contributed by atoms with van der Waals surface area (Å²) in [5.41, 5.74) is 12.1. The predicted octanol–water partition coefficient (Wildman–Crippen LogP) is 2.23. The Balaban J connectivity index is 1.41. The Bertz CT molecular complexity index is 1420. The summed E-state index contributed by atoms with van der Waals surface area (Å²) in [5, 5.41) is 9.20. The highest BCUT2D eigenvalue weighted by Crippen LogP contribution is 2.17. The van der Waals surface area contributed by atoms with Crippen molar-refractivity contribution in [3.63, 3.8) is 0 Å². The molecule has 0 saturated carbocycles. The number of hydrogen-bond donors (Lipinski definition) is 6. The number of nitrogens with one attached hydrogen (secondary N) is 4. The molecule has 0 bridgehead atoms. The van der Waals surface area contributed by atoms with Crippen molar-refractivity contribution in [2.75, 3.05) is 24.2 Å². The highest BCUT2D eigenvalue weighted by molar-refractivity contribution is 5.94. The van der Waals surface area contributed by atoms with Gasteiger partial charge in [0, 0.05) is 35.9 Å². The second-order valence-electron chi connectivity index (χ2n) is 11.7. The molecule has 42 heavy (non-hydrogen) atoms. The molecule has 1 aromatic carbocycles. The van der Waals surface area contributed by atoms with Crippen LogP contribution in [0.1, 0.15) is 76.4 Å². The van der Waals surface area contributed by atoms with Crippen LogP contribution in [0.4, 0.5) is 11.6 Å². The van der Waals surface area contributed by atoms with Gasteiger partial charge in [-0.05, 0) is 84.7 Å². The lowest BCUT2D eigenvalue weighted by Gasteiger charge is -2.30. The summed E-state index contributed by atoms with van der Waals surface area (Å²) in [7, 11) is 0. The van der Waals surface area contributed by atoms with Gasteiger partial charge in [0.2, 0.25) is 11.9 Å². The molecule has 0 aliphatic rings. The van der Waals surface area contributed by atoms with Crippen LogP contribution >= 0.6 is 0 Å². The van der Waals surface area contributed by atoms with Gasteiger partial charge in [-0.3, -0.25) is 19.4 Å². The smallest absolute Gasteiger partial charge is 0.280 e. The Labute approximate surface area is 245 Å². The van der Waals surface area contributed by atoms with Crippen molar-refractivity contribution < 1.29 is 14.3 Å². The summed E-state index contributed by atoms with van der Waals surface area (Å²) in [6.07, 6.45) is 3.76. The van der Waals surface area contributed by atoms with Crippen LogP contribution in [0, 0.1) is 0 Å². The standard InChI is InChI=1S/C29H43N9O4/c1-18(6-11-22(39)38-28(2,3)13-15-42-29(4,5)12-14-30)34-25(40)19-7-9-20(10-8-19)32-16-21-17-33-24-23(35-21)26(41)37-27(31)36-24/h7-10,17-18,32H,6,11-16,30H2,1-5H3,(H,34,40)(H,38,39)(H3,31,33,36,37,41)/t18-/m1/s1. The zero-order valence-electron chi connectivity index (χ0n) is 25.0. The molecule has 2 aromatic heterocycles. The molecule has 13 heteroatoms. The minimum Gasteiger partial charge on any atom is -0.379 e. The maximum Gasteiger partial charge on any atom is 0.280 e. The topological polar surface area (TPSA) is 203 Å². The first-order valence-corrected chi connectivity index (χ1v) is 14.1. The largest absolute Gasteiger partial charge is 0.379 e. The highest BCUT2D eigenvalue weighted by atomic mass is 16.5. The quantitative estimate of drug-likeness (QED) is 0.154. The molecular weight excluding hydrogens is 538 g/mol. The Hall–Kier alpha value is -4.10. The SMILES string of the molecule is C[C@H](CCC(=O)NC(C)(C)CCOC(C)(C)CCN)NC(=O)c1ccc(NCc2cnc3nc(N)[nH]c(=O)c3n2)cc1. The highest BCUT2D eigenvalue weighted by Gasteiger charge is 2.23. The van der Waals surface area contributed by atoms with Gasteiger partial charge >= 0.3 is 0 Å². The van der Waals surface area contributed by atoms with E-state index in [2.05, 4.69) is 35.9 Å². The summed E-state index contributed by atoms with van der Waals surface area (Å²) >= 11 is 0. The van der Waals surface area contributed by atoms with Gasteiger partial charge in [-0.2, -0.15) is 4.98 Å². The van der Waals surface area contributed by atoms with Crippen LogP contribution in [0.15, 0.2) is 35.3 Å². The molecule has 0 aliphatic heterocycles. The summed E-state index contributed by atoms with van der Waals surface area (Å²) in [4.78, 5) is 52.1. The summed E-state index contributed by atoms with van der Waals surface area (Å²) in [6, 6.07) is 6.78. The van der Waals surface area contributed by atoms with Gasteiger partial charge in [-0.25, -0.2) is 9.97 Å². The summed E-state index contributed by atoms with van der Waals surface area (Å²) < 4.78 is 5.93. The Kier molecular flexibility index (Phi) is 10.9. The molecule has 0 unspecified atom stereocenters. The molecule has 228 valence electrons. The van der Waals surface area contributed by atoms with Crippen LogP contribution in [-0.2, 0) is 16.1 Å². The van der Waals surface area contributed by atoms with Crippen LogP contribution in [0.2, 0.25) is 0 Å². The molecule has 8 N–H and O–H groups in total. The van der Waals surface area contributed by atoms with E-state index in [4.69, 9.17) is 16.2 Å². The minimum atomic E-state index is -0.454. The molecule has 2 heterocycles. The van der Waals surface area contributed by atoms with Crippen LogP contribution in [0.3, 0.4) is 0 Å². The number of nitrogens with zero attached hydrogens (tertiary/aromatic N) is 3. The van der Waals surface area contributed by atoms with E-state index in [1.165, 1.54) is 6.20 Å². The number of rotatable bonds is 15. The van der Waals surface area contributed by atoms with E-state index in [1.807, 2.05) is 34.6 Å². The van der Waals surface area contributed by atoms with Gasteiger partial charge in [-0.15, -0.1) is 0 Å². The number of carbonyl (C=O) groups excluding carboxylic acids is 2. The molecule has 1 atom stereocenters. The fourth-order valence-electron chi connectivity index (χ4n) is 4.22.